The average Bonchev–Trinajstić information content (AvgIpc) is 3.21. The van der Waals surface area contributed by atoms with Crippen molar-refractivity contribution in [3.8, 4) is 0 Å². The molecular weight excluding hydrogens is 404 g/mol. The van der Waals surface area contributed by atoms with Crippen LogP contribution in [-0.2, 0) is 13.1 Å². The number of carbonyl (C=O) groups is 1. The minimum atomic E-state index is -0.453. The lowest BCUT2D eigenvalue weighted by Crippen LogP contribution is -2.36. The van der Waals surface area contributed by atoms with E-state index in [9.17, 15) is 14.9 Å². The van der Waals surface area contributed by atoms with Crippen LogP contribution in [0.1, 0.15) is 43.0 Å². The van der Waals surface area contributed by atoms with E-state index < -0.39 is 4.92 Å². The second-order valence-electron chi connectivity index (χ2n) is 7.92. The van der Waals surface area contributed by atoms with Crippen molar-refractivity contribution in [2.45, 2.75) is 46.2 Å². The van der Waals surface area contributed by atoms with E-state index in [-0.39, 0.29) is 11.7 Å². The number of hydrogen-bond acceptors (Lipinski definition) is 3. The number of nitro benzene ring substituents is 1. The van der Waals surface area contributed by atoms with Crippen molar-refractivity contribution < 1.29 is 9.72 Å². The van der Waals surface area contributed by atoms with Crippen molar-refractivity contribution in [1.29, 1.82) is 0 Å². The molecule has 2 amide bonds. The molecule has 0 aliphatic heterocycles. The third-order valence-corrected chi connectivity index (χ3v) is 5.53. The number of amides is 2. The highest BCUT2D eigenvalue weighted by Crippen LogP contribution is 2.18. The van der Waals surface area contributed by atoms with Crippen LogP contribution in [0.2, 0.25) is 0 Å². The second-order valence-corrected chi connectivity index (χ2v) is 7.92. The van der Waals surface area contributed by atoms with Gasteiger partial charge >= 0.3 is 6.03 Å². The molecule has 0 saturated carbocycles. The Bertz CT molecular complexity index is 1040. The number of rotatable bonds is 10. The minimum absolute atomic E-state index is 0.00293. The van der Waals surface area contributed by atoms with Gasteiger partial charge in [-0.2, -0.15) is 0 Å². The lowest BCUT2D eigenvalue weighted by Gasteiger charge is -2.24. The third kappa shape index (κ3) is 6.20. The van der Waals surface area contributed by atoms with Crippen LogP contribution in [-0.4, -0.2) is 27.0 Å². The fourth-order valence-electron chi connectivity index (χ4n) is 3.59. The summed E-state index contributed by atoms with van der Waals surface area (Å²) in [5.41, 5.74) is 4.08. The molecule has 0 fully saturated rings. The molecule has 0 aliphatic rings. The molecule has 0 radical (unpaired) electrons. The van der Waals surface area contributed by atoms with Crippen LogP contribution < -0.4 is 5.32 Å². The largest absolute Gasteiger partial charge is 0.345 e. The van der Waals surface area contributed by atoms with E-state index >= 15 is 0 Å². The zero-order valence-electron chi connectivity index (χ0n) is 18.7. The van der Waals surface area contributed by atoms with Crippen molar-refractivity contribution in [2.24, 2.45) is 0 Å². The molecule has 7 heteroatoms. The van der Waals surface area contributed by atoms with Crippen molar-refractivity contribution in [1.82, 2.24) is 9.47 Å². The van der Waals surface area contributed by atoms with Gasteiger partial charge in [0.05, 0.1) is 11.5 Å². The number of nitrogens with zero attached hydrogens (tertiary/aromatic N) is 3. The predicted octanol–water partition coefficient (Wildman–Crippen LogP) is 5.98. The zero-order chi connectivity index (χ0) is 22.9. The molecule has 1 N–H and O–H groups in total. The van der Waals surface area contributed by atoms with E-state index in [1.165, 1.54) is 23.3 Å². The topological polar surface area (TPSA) is 80.4 Å². The molecule has 2 aromatic carbocycles. The van der Waals surface area contributed by atoms with Gasteiger partial charge in [-0.05, 0) is 48.7 Å². The Kier molecular flexibility index (Phi) is 8.02. The summed E-state index contributed by atoms with van der Waals surface area (Å²) in [6, 6.07) is 18.0. The number of nitro groups is 1. The van der Waals surface area contributed by atoms with Gasteiger partial charge in [0.25, 0.3) is 5.69 Å². The fourth-order valence-corrected chi connectivity index (χ4v) is 3.59. The highest BCUT2D eigenvalue weighted by molar-refractivity contribution is 5.89. The number of carbonyl (C=O) groups excluding carboxylic acids is 1. The highest BCUT2D eigenvalue weighted by atomic mass is 16.6. The van der Waals surface area contributed by atoms with Crippen LogP contribution in [0.25, 0.3) is 0 Å². The Morgan fingerprint density at radius 1 is 1.06 bits per heavy atom. The third-order valence-electron chi connectivity index (χ3n) is 5.53. The van der Waals surface area contributed by atoms with E-state index in [1.807, 2.05) is 30.5 Å². The lowest BCUT2D eigenvalue weighted by atomic mass is 10.1. The molecular formula is C25H30N4O3. The Morgan fingerprint density at radius 2 is 1.81 bits per heavy atom. The van der Waals surface area contributed by atoms with Crippen LogP contribution in [0.15, 0.2) is 66.9 Å². The maximum atomic E-state index is 13.0. The fraction of sp³-hybridized carbons (Fsp3) is 0.320. The Labute approximate surface area is 188 Å². The molecule has 1 heterocycles. The highest BCUT2D eigenvalue weighted by Gasteiger charge is 2.17. The molecule has 0 spiro atoms. The molecule has 32 heavy (non-hydrogen) atoms. The number of nitrogens with one attached hydrogen (secondary N) is 1. The Balaban J connectivity index is 1.73. The number of anilines is 1. The normalized spacial score (nSPS) is 10.7. The van der Waals surface area contributed by atoms with E-state index in [0.717, 1.165) is 31.5 Å². The smallest absolute Gasteiger partial charge is 0.322 e. The summed E-state index contributed by atoms with van der Waals surface area (Å²) in [4.78, 5) is 25.3. The van der Waals surface area contributed by atoms with E-state index in [1.54, 1.807) is 17.0 Å². The van der Waals surface area contributed by atoms with Gasteiger partial charge in [-0.3, -0.25) is 10.1 Å². The maximum Gasteiger partial charge on any atom is 0.322 e. The molecule has 0 bridgehead atoms. The van der Waals surface area contributed by atoms with Crippen molar-refractivity contribution >= 4 is 17.4 Å². The molecule has 1 aromatic heterocycles. The Morgan fingerprint density at radius 3 is 2.50 bits per heavy atom. The second kappa shape index (κ2) is 11.1. The maximum absolute atomic E-state index is 13.0. The van der Waals surface area contributed by atoms with Gasteiger partial charge in [-0.25, -0.2) is 4.79 Å². The summed E-state index contributed by atoms with van der Waals surface area (Å²) in [5.74, 6) is 0. The molecule has 3 aromatic rings. The number of urea groups is 1. The average molecular weight is 435 g/mol. The number of unbranched alkanes of at least 4 members (excludes halogenated alkanes) is 2. The van der Waals surface area contributed by atoms with Crippen LogP contribution in [0.5, 0.6) is 0 Å². The predicted molar refractivity (Wildman–Crippen MR) is 127 cm³/mol. The zero-order valence-corrected chi connectivity index (χ0v) is 18.7. The van der Waals surface area contributed by atoms with Crippen molar-refractivity contribution in [2.75, 3.05) is 11.9 Å². The SMILES string of the molecule is CCCCCN(Cc1cccn1Cc1ccccc1C)C(=O)Nc1ccc([N+](=O)[O-])cc1. The van der Waals surface area contributed by atoms with E-state index in [0.29, 0.717) is 18.8 Å². The standard InChI is InChI=1S/C25H30N4O3/c1-3-4-7-16-28(25(30)26-22-12-14-23(15-13-22)29(31)32)19-24-11-8-17-27(24)18-21-10-6-5-9-20(21)2/h5-6,8-15,17H,3-4,7,16,18-19H2,1-2H3,(H,26,30). The van der Waals surface area contributed by atoms with Gasteiger partial charge < -0.3 is 14.8 Å². The summed E-state index contributed by atoms with van der Waals surface area (Å²) >= 11 is 0. The van der Waals surface area contributed by atoms with Gasteiger partial charge in [0.15, 0.2) is 0 Å². The van der Waals surface area contributed by atoms with Gasteiger partial charge in [-0.1, -0.05) is 44.0 Å². The summed E-state index contributed by atoms with van der Waals surface area (Å²) in [6.45, 7) is 6.12. The lowest BCUT2D eigenvalue weighted by molar-refractivity contribution is -0.384. The number of aromatic nitrogens is 1. The first kappa shape index (κ1) is 23.1. The molecule has 0 unspecified atom stereocenters. The molecule has 7 nitrogen and oxygen atoms in total. The molecule has 0 aliphatic carbocycles. The number of non-ortho nitro benzene ring substituents is 1. The molecule has 168 valence electrons. The van der Waals surface area contributed by atoms with Crippen molar-refractivity contribution in [3.05, 3.63) is 93.8 Å². The van der Waals surface area contributed by atoms with Crippen LogP contribution in [0.3, 0.4) is 0 Å². The van der Waals surface area contributed by atoms with Crippen molar-refractivity contribution in [3.63, 3.8) is 0 Å². The van der Waals surface area contributed by atoms with Gasteiger partial charge in [0, 0.05) is 42.8 Å². The molecule has 0 saturated heterocycles. The number of aryl methyl sites for hydroxylation is 1. The summed E-state index contributed by atoms with van der Waals surface area (Å²) in [7, 11) is 0. The quantitative estimate of drug-likeness (QED) is 0.242. The van der Waals surface area contributed by atoms with Gasteiger partial charge in [-0.15, -0.1) is 0 Å². The minimum Gasteiger partial charge on any atom is -0.345 e. The number of benzene rings is 2. The monoisotopic (exact) mass is 434 g/mol. The van der Waals surface area contributed by atoms with Crippen LogP contribution in [0, 0.1) is 17.0 Å². The first-order valence-corrected chi connectivity index (χ1v) is 11.0. The first-order valence-electron chi connectivity index (χ1n) is 11.0. The van der Waals surface area contributed by atoms with Crippen LogP contribution in [0.4, 0.5) is 16.2 Å². The Hall–Kier alpha value is -3.61. The first-order chi connectivity index (χ1) is 15.5. The summed E-state index contributed by atoms with van der Waals surface area (Å²) in [5, 5.41) is 13.7. The number of hydrogen-bond donors (Lipinski definition) is 1. The molecule has 0 atom stereocenters. The van der Waals surface area contributed by atoms with Crippen LogP contribution >= 0.6 is 0 Å². The van der Waals surface area contributed by atoms with E-state index in [4.69, 9.17) is 0 Å². The summed E-state index contributed by atoms with van der Waals surface area (Å²) in [6.07, 6.45) is 5.08. The molecule has 3 rings (SSSR count). The van der Waals surface area contributed by atoms with Gasteiger partial charge in [0.2, 0.25) is 0 Å². The van der Waals surface area contributed by atoms with Gasteiger partial charge in [0.1, 0.15) is 0 Å². The summed E-state index contributed by atoms with van der Waals surface area (Å²) < 4.78 is 2.17. The van der Waals surface area contributed by atoms with E-state index in [2.05, 4.69) is 35.9 Å².